The minimum Gasteiger partial charge on any atom is -0.455 e. The highest BCUT2D eigenvalue weighted by Crippen LogP contribution is 2.44. The van der Waals surface area contributed by atoms with E-state index in [-0.39, 0.29) is 0 Å². The second-order valence-corrected chi connectivity index (χ2v) is 16.1. The van der Waals surface area contributed by atoms with Crippen LogP contribution in [0.25, 0.3) is 93.9 Å². The molecule has 0 amide bonds. The van der Waals surface area contributed by atoms with Crippen LogP contribution in [0.4, 0.5) is 17.1 Å². The van der Waals surface area contributed by atoms with Crippen LogP contribution in [0.1, 0.15) is 0 Å². The van der Waals surface area contributed by atoms with Crippen LogP contribution in [0, 0.1) is 0 Å². The van der Waals surface area contributed by atoms with Gasteiger partial charge in [0.25, 0.3) is 0 Å². The Hall–Kier alpha value is -8.40. The zero-order chi connectivity index (χ0) is 41.7. The molecule has 0 aliphatic heterocycles. The Kier molecular flexibility index (Phi) is 8.83. The molecule has 2 aromatic heterocycles. The molecular formula is C60H40N2O. The maximum Gasteiger partial charge on any atom is 0.143 e. The fourth-order valence-electron chi connectivity index (χ4n) is 9.45. The largest absolute Gasteiger partial charge is 0.455 e. The summed E-state index contributed by atoms with van der Waals surface area (Å²) in [4.78, 5) is 2.35. The first-order chi connectivity index (χ1) is 31.2. The first kappa shape index (κ1) is 36.5. The minimum atomic E-state index is 0.884. The van der Waals surface area contributed by atoms with Crippen molar-refractivity contribution >= 4 is 60.8 Å². The van der Waals surface area contributed by atoms with E-state index in [1.807, 2.05) is 6.07 Å². The average Bonchev–Trinajstić information content (AvgIpc) is 3.91. The average molecular weight is 805 g/mol. The van der Waals surface area contributed by atoms with E-state index >= 15 is 0 Å². The van der Waals surface area contributed by atoms with Crippen molar-refractivity contribution in [2.45, 2.75) is 0 Å². The number of anilines is 3. The van der Waals surface area contributed by atoms with Crippen molar-refractivity contribution < 1.29 is 4.42 Å². The summed E-state index contributed by atoms with van der Waals surface area (Å²) < 4.78 is 9.13. The molecular weight excluding hydrogens is 765 g/mol. The third-order valence-electron chi connectivity index (χ3n) is 12.4. The summed E-state index contributed by atoms with van der Waals surface area (Å²) in [6.45, 7) is 0. The van der Waals surface area contributed by atoms with Gasteiger partial charge in [0, 0.05) is 49.9 Å². The van der Waals surface area contributed by atoms with E-state index in [0.29, 0.717) is 0 Å². The lowest BCUT2D eigenvalue weighted by Gasteiger charge is -2.26. The van der Waals surface area contributed by atoms with Crippen molar-refractivity contribution in [3.63, 3.8) is 0 Å². The minimum absolute atomic E-state index is 0.884. The summed E-state index contributed by atoms with van der Waals surface area (Å²) in [5.41, 5.74) is 17.6. The van der Waals surface area contributed by atoms with Gasteiger partial charge in [-0.1, -0.05) is 170 Å². The van der Waals surface area contributed by atoms with Gasteiger partial charge in [-0.3, -0.25) is 0 Å². The van der Waals surface area contributed by atoms with Gasteiger partial charge < -0.3 is 13.9 Å². The number of nitrogens with zero attached hydrogens (tertiary/aromatic N) is 2. The van der Waals surface area contributed by atoms with Crippen molar-refractivity contribution in [1.29, 1.82) is 0 Å². The van der Waals surface area contributed by atoms with Crippen LogP contribution in [-0.4, -0.2) is 4.57 Å². The molecule has 0 atom stereocenters. The summed E-state index contributed by atoms with van der Waals surface area (Å²) in [5, 5.41) is 4.70. The molecule has 0 aliphatic carbocycles. The Morgan fingerprint density at radius 3 is 1.67 bits per heavy atom. The lowest BCUT2D eigenvalue weighted by atomic mass is 9.90. The van der Waals surface area contributed by atoms with Gasteiger partial charge in [0.1, 0.15) is 11.2 Å². The Balaban J connectivity index is 1.05. The summed E-state index contributed by atoms with van der Waals surface area (Å²) in [7, 11) is 0. The molecule has 296 valence electrons. The molecule has 0 saturated carbocycles. The van der Waals surface area contributed by atoms with Gasteiger partial charge >= 0.3 is 0 Å². The quantitative estimate of drug-likeness (QED) is 0.153. The summed E-state index contributed by atoms with van der Waals surface area (Å²) >= 11 is 0. The molecule has 0 bridgehead atoms. The topological polar surface area (TPSA) is 21.3 Å². The monoisotopic (exact) mass is 804 g/mol. The third-order valence-corrected chi connectivity index (χ3v) is 12.4. The number of hydrogen-bond donors (Lipinski definition) is 0. The van der Waals surface area contributed by atoms with E-state index in [9.17, 15) is 0 Å². The number of fused-ring (bicyclic) bond motifs is 6. The fraction of sp³-hybridized carbons (Fsp3) is 0. The van der Waals surface area contributed by atoms with E-state index in [0.717, 1.165) is 78.1 Å². The van der Waals surface area contributed by atoms with E-state index in [4.69, 9.17) is 4.42 Å². The molecule has 0 aliphatic rings. The number of rotatable bonds is 8. The van der Waals surface area contributed by atoms with Crippen molar-refractivity contribution in [2.24, 2.45) is 0 Å². The molecule has 0 fully saturated rings. The highest BCUT2D eigenvalue weighted by Gasteiger charge is 2.20. The normalized spacial score (nSPS) is 11.5. The molecule has 12 aromatic rings. The zero-order valence-electron chi connectivity index (χ0n) is 34.4. The van der Waals surface area contributed by atoms with Crippen LogP contribution >= 0.6 is 0 Å². The summed E-state index contributed by atoms with van der Waals surface area (Å²) in [6, 6.07) is 87.1. The molecule has 0 N–H and O–H groups in total. The van der Waals surface area contributed by atoms with Gasteiger partial charge in [0.05, 0.1) is 11.0 Å². The predicted octanol–water partition coefficient (Wildman–Crippen LogP) is 16.8. The van der Waals surface area contributed by atoms with Crippen LogP contribution in [-0.2, 0) is 0 Å². The van der Waals surface area contributed by atoms with E-state index in [1.165, 1.54) is 32.9 Å². The molecule has 0 radical (unpaired) electrons. The van der Waals surface area contributed by atoms with Crippen LogP contribution in [0.2, 0.25) is 0 Å². The first-order valence-corrected chi connectivity index (χ1v) is 21.5. The SMILES string of the molecule is c1ccc(-c2cccc(N(c3ccccc3)c3cccc(-c4ccc(-c5ccc6c7ccccc7n(-c7ccccc7)c6c5)cc4-c4cccc5c4oc4ccccc45)c3)c2)cc1. The Morgan fingerprint density at radius 1 is 0.302 bits per heavy atom. The van der Waals surface area contributed by atoms with E-state index in [2.05, 4.69) is 246 Å². The highest BCUT2D eigenvalue weighted by atomic mass is 16.3. The van der Waals surface area contributed by atoms with Gasteiger partial charge in [-0.05, 0) is 112 Å². The van der Waals surface area contributed by atoms with Crippen LogP contribution in [0.3, 0.4) is 0 Å². The second kappa shape index (κ2) is 15.3. The maximum atomic E-state index is 6.74. The Morgan fingerprint density at radius 2 is 0.857 bits per heavy atom. The van der Waals surface area contributed by atoms with Gasteiger partial charge in [-0.15, -0.1) is 0 Å². The van der Waals surface area contributed by atoms with Crippen molar-refractivity contribution in [2.75, 3.05) is 4.90 Å². The van der Waals surface area contributed by atoms with Crippen LogP contribution in [0.5, 0.6) is 0 Å². The predicted molar refractivity (Wildman–Crippen MR) is 264 cm³/mol. The molecule has 2 heterocycles. The van der Waals surface area contributed by atoms with Gasteiger partial charge in [0.2, 0.25) is 0 Å². The molecule has 3 heteroatoms. The number of hydrogen-bond acceptors (Lipinski definition) is 2. The highest BCUT2D eigenvalue weighted by molar-refractivity contribution is 6.12. The summed E-state index contributed by atoms with van der Waals surface area (Å²) in [5.74, 6) is 0. The van der Waals surface area contributed by atoms with Crippen LogP contribution < -0.4 is 4.90 Å². The fourth-order valence-corrected chi connectivity index (χ4v) is 9.45. The lowest BCUT2D eigenvalue weighted by molar-refractivity contribution is 0.670. The number of aromatic nitrogens is 1. The Labute approximate surface area is 366 Å². The standard InChI is InChI=1S/C60H40N2O/c1-4-17-41(18-5-1)42-19-14-25-48(37-42)61(46-21-6-2-7-22-46)49-26-15-20-45(38-49)50-35-33-43(39-56(50)55-30-16-29-54-53-28-11-13-32-59(53)63-60(54)55)44-34-36-52-51-27-10-12-31-57(51)62(58(52)40-44)47-23-8-3-9-24-47/h1-40H. The van der Waals surface area contributed by atoms with Crippen molar-refractivity contribution in [3.8, 4) is 50.2 Å². The lowest BCUT2D eigenvalue weighted by Crippen LogP contribution is -2.10. The Bertz CT molecular complexity index is 3620. The van der Waals surface area contributed by atoms with Gasteiger partial charge in [0.15, 0.2) is 0 Å². The van der Waals surface area contributed by atoms with Crippen molar-refractivity contribution in [1.82, 2.24) is 4.57 Å². The molecule has 63 heavy (non-hydrogen) atoms. The smallest absolute Gasteiger partial charge is 0.143 e. The number of para-hydroxylation sites is 5. The van der Waals surface area contributed by atoms with E-state index < -0.39 is 0 Å². The van der Waals surface area contributed by atoms with Crippen LogP contribution in [0.15, 0.2) is 247 Å². The second-order valence-electron chi connectivity index (χ2n) is 16.1. The zero-order valence-corrected chi connectivity index (χ0v) is 34.4. The summed E-state index contributed by atoms with van der Waals surface area (Å²) in [6.07, 6.45) is 0. The van der Waals surface area contributed by atoms with E-state index in [1.54, 1.807) is 0 Å². The van der Waals surface area contributed by atoms with Gasteiger partial charge in [-0.2, -0.15) is 0 Å². The molecule has 10 aromatic carbocycles. The molecule has 12 rings (SSSR count). The van der Waals surface area contributed by atoms with Gasteiger partial charge in [-0.25, -0.2) is 0 Å². The maximum absolute atomic E-state index is 6.74. The number of furan rings is 1. The number of benzene rings is 10. The molecule has 3 nitrogen and oxygen atoms in total. The molecule has 0 saturated heterocycles. The molecule has 0 unspecified atom stereocenters. The third kappa shape index (κ3) is 6.38. The molecule has 0 spiro atoms. The van der Waals surface area contributed by atoms with Crippen molar-refractivity contribution in [3.05, 3.63) is 243 Å². The first-order valence-electron chi connectivity index (χ1n) is 21.5.